The van der Waals surface area contributed by atoms with Crippen LogP contribution in [0, 0.1) is 0 Å². The lowest BCUT2D eigenvalue weighted by Gasteiger charge is -2.16. The van der Waals surface area contributed by atoms with Gasteiger partial charge in [-0.25, -0.2) is 0 Å². The summed E-state index contributed by atoms with van der Waals surface area (Å²) < 4.78 is 5.10. The first kappa shape index (κ1) is 16.6. The Labute approximate surface area is 128 Å². The average Bonchev–Trinajstić information content (AvgIpc) is 2.40. The van der Waals surface area contributed by atoms with Crippen molar-refractivity contribution in [2.45, 2.75) is 19.6 Å². The van der Waals surface area contributed by atoms with E-state index in [1.54, 1.807) is 25.4 Å². The van der Waals surface area contributed by atoms with Crippen LogP contribution >= 0.6 is 23.8 Å². The quantitative estimate of drug-likeness (QED) is 0.326. The Balaban J connectivity index is 2.62. The molecule has 0 saturated heterocycles. The van der Waals surface area contributed by atoms with Gasteiger partial charge in [0, 0.05) is 26.3 Å². The number of ether oxygens (including phenoxy) is 1. The molecule has 110 valence electrons. The van der Waals surface area contributed by atoms with Gasteiger partial charge >= 0.3 is 0 Å². The molecule has 4 N–H and O–H groups in total. The molecule has 0 amide bonds. The number of pyridine rings is 1. The number of nitrogens with two attached hydrogens (primary N) is 1. The molecule has 1 atom stereocenters. The van der Waals surface area contributed by atoms with Crippen molar-refractivity contribution in [2.24, 2.45) is 10.7 Å². The van der Waals surface area contributed by atoms with Crippen LogP contribution in [0.3, 0.4) is 0 Å². The highest BCUT2D eigenvalue weighted by molar-refractivity contribution is 7.80. The summed E-state index contributed by atoms with van der Waals surface area (Å²) in [5.41, 5.74) is 6.24. The molecule has 1 rings (SSSR count). The summed E-state index contributed by atoms with van der Waals surface area (Å²) in [7, 11) is 1.59. The van der Waals surface area contributed by atoms with E-state index in [0.29, 0.717) is 23.9 Å². The average molecular weight is 316 g/mol. The normalized spacial score (nSPS) is 12.8. The molecule has 0 aliphatic carbocycles. The zero-order valence-corrected chi connectivity index (χ0v) is 13.0. The van der Waals surface area contributed by atoms with E-state index in [1.165, 1.54) is 0 Å². The number of halogens is 1. The summed E-state index contributed by atoms with van der Waals surface area (Å²) in [6, 6.07) is 3.59. The summed E-state index contributed by atoms with van der Waals surface area (Å²) in [5.74, 6) is 0.457. The lowest BCUT2D eigenvalue weighted by Crippen LogP contribution is -2.47. The lowest BCUT2D eigenvalue weighted by molar-refractivity contribution is 0.106. The van der Waals surface area contributed by atoms with Crippen LogP contribution in [0.4, 0.5) is 0 Å². The topological polar surface area (TPSA) is 84.6 Å². The molecule has 6 nitrogen and oxygen atoms in total. The fraction of sp³-hybridized carbons (Fsp3) is 0.417. The number of hydrogen-bond acceptors (Lipinski definition) is 4. The summed E-state index contributed by atoms with van der Waals surface area (Å²) in [6.45, 7) is 2.33. The summed E-state index contributed by atoms with van der Waals surface area (Å²) in [6.07, 6.45) is 2.10. The maximum absolute atomic E-state index is 6.03. The van der Waals surface area contributed by atoms with Gasteiger partial charge in [-0.2, -0.15) is 0 Å². The van der Waals surface area contributed by atoms with Gasteiger partial charge in [-0.1, -0.05) is 11.6 Å². The van der Waals surface area contributed by atoms with Gasteiger partial charge in [-0.15, -0.1) is 0 Å². The molecule has 8 heteroatoms. The highest BCUT2D eigenvalue weighted by Gasteiger charge is 2.05. The van der Waals surface area contributed by atoms with Crippen LogP contribution < -0.4 is 16.4 Å². The van der Waals surface area contributed by atoms with Crippen molar-refractivity contribution < 1.29 is 4.74 Å². The van der Waals surface area contributed by atoms with Crippen LogP contribution in [0.5, 0.6) is 0 Å². The van der Waals surface area contributed by atoms with E-state index in [9.17, 15) is 0 Å². The zero-order chi connectivity index (χ0) is 15.0. The largest absolute Gasteiger partial charge is 0.376 e. The van der Waals surface area contributed by atoms with Crippen molar-refractivity contribution in [3.63, 3.8) is 0 Å². The maximum atomic E-state index is 6.03. The van der Waals surface area contributed by atoms with Crippen molar-refractivity contribution in [3.05, 3.63) is 29.0 Å². The Morgan fingerprint density at radius 3 is 3.00 bits per heavy atom. The molecule has 0 radical (unpaired) electrons. The Kier molecular flexibility index (Phi) is 7.21. The number of hydrogen-bond donors (Lipinski definition) is 3. The first-order valence-electron chi connectivity index (χ1n) is 6.02. The monoisotopic (exact) mass is 315 g/mol. The molecule has 0 fully saturated rings. The number of methoxy groups -OCH3 is 1. The highest BCUT2D eigenvalue weighted by Crippen LogP contribution is 2.12. The van der Waals surface area contributed by atoms with Crippen LogP contribution in [-0.2, 0) is 11.2 Å². The van der Waals surface area contributed by atoms with Gasteiger partial charge in [0.25, 0.3) is 0 Å². The second-order valence-corrected chi connectivity index (χ2v) is 4.77. The molecule has 0 aliphatic rings. The summed E-state index contributed by atoms with van der Waals surface area (Å²) in [4.78, 5) is 8.53. The van der Waals surface area contributed by atoms with E-state index < -0.39 is 0 Å². The fourth-order valence-electron chi connectivity index (χ4n) is 1.37. The van der Waals surface area contributed by atoms with Crippen LogP contribution in [0.1, 0.15) is 12.6 Å². The molecule has 0 saturated carbocycles. The number of aliphatic imine (C=N–C) groups is 1. The minimum Gasteiger partial charge on any atom is -0.376 e. The summed E-state index contributed by atoms with van der Waals surface area (Å²) in [5, 5.41) is 6.52. The maximum Gasteiger partial charge on any atom is 0.199 e. The van der Waals surface area contributed by atoms with Crippen molar-refractivity contribution >= 4 is 34.9 Å². The highest BCUT2D eigenvalue weighted by atomic mass is 35.5. The number of aromatic nitrogens is 1. The number of thiocarbonyl (C=S) groups is 1. The van der Waals surface area contributed by atoms with E-state index in [4.69, 9.17) is 34.3 Å². The summed E-state index contributed by atoms with van der Waals surface area (Å²) >= 11 is 10.8. The van der Waals surface area contributed by atoms with Crippen LogP contribution in [-0.4, -0.2) is 35.9 Å². The van der Waals surface area contributed by atoms with Crippen molar-refractivity contribution in [1.82, 2.24) is 15.6 Å². The third-order valence-corrected chi connectivity index (χ3v) is 2.83. The van der Waals surface area contributed by atoms with Crippen LogP contribution in [0.15, 0.2) is 23.3 Å². The molecular weight excluding hydrogens is 298 g/mol. The molecule has 0 aromatic carbocycles. The van der Waals surface area contributed by atoms with E-state index >= 15 is 0 Å². The number of nitrogens with zero attached hydrogens (tertiary/aromatic N) is 2. The predicted molar refractivity (Wildman–Crippen MR) is 84.8 cm³/mol. The van der Waals surface area contributed by atoms with Crippen molar-refractivity contribution in [3.8, 4) is 0 Å². The van der Waals surface area contributed by atoms with Gasteiger partial charge in [0.05, 0.1) is 10.7 Å². The van der Waals surface area contributed by atoms with Crippen LogP contribution in [0.25, 0.3) is 0 Å². The van der Waals surface area contributed by atoms with Gasteiger partial charge < -0.3 is 21.1 Å². The zero-order valence-electron chi connectivity index (χ0n) is 11.4. The molecule has 1 aromatic rings. The SMILES string of the molecule is COC(C)NC(=NCCc1ncccc1Cl)NC(N)=S. The Morgan fingerprint density at radius 1 is 1.65 bits per heavy atom. The molecule has 0 spiro atoms. The van der Waals surface area contributed by atoms with E-state index in [2.05, 4.69) is 20.6 Å². The van der Waals surface area contributed by atoms with Gasteiger partial charge in [0.1, 0.15) is 6.23 Å². The predicted octanol–water partition coefficient (Wildman–Crippen LogP) is 1.05. The molecule has 0 aliphatic heterocycles. The second kappa shape index (κ2) is 8.68. The molecule has 1 heterocycles. The molecule has 1 aromatic heterocycles. The fourth-order valence-corrected chi connectivity index (χ4v) is 1.68. The third kappa shape index (κ3) is 6.14. The molecule has 0 bridgehead atoms. The Morgan fingerprint density at radius 2 is 2.40 bits per heavy atom. The van der Waals surface area contributed by atoms with Gasteiger partial charge in [-0.3, -0.25) is 9.98 Å². The number of nitrogens with one attached hydrogen (secondary N) is 2. The number of rotatable bonds is 5. The van der Waals surface area contributed by atoms with Gasteiger partial charge in [-0.05, 0) is 31.3 Å². The lowest BCUT2D eigenvalue weighted by atomic mass is 10.3. The third-order valence-electron chi connectivity index (χ3n) is 2.39. The minimum atomic E-state index is -0.214. The molecular formula is C12H18ClN5OS. The Hall–Kier alpha value is -1.44. The van der Waals surface area contributed by atoms with Crippen molar-refractivity contribution in [2.75, 3.05) is 13.7 Å². The van der Waals surface area contributed by atoms with Crippen LogP contribution in [0.2, 0.25) is 5.02 Å². The Bertz CT molecular complexity index is 483. The van der Waals surface area contributed by atoms with E-state index in [0.717, 1.165) is 5.69 Å². The first-order chi connectivity index (χ1) is 9.52. The van der Waals surface area contributed by atoms with Crippen molar-refractivity contribution in [1.29, 1.82) is 0 Å². The van der Waals surface area contributed by atoms with Gasteiger partial charge in [0.15, 0.2) is 11.1 Å². The molecule has 20 heavy (non-hydrogen) atoms. The minimum absolute atomic E-state index is 0.135. The standard InChI is InChI=1S/C12H18ClN5OS/c1-8(19-2)17-12(18-11(14)20)16-7-5-10-9(13)4-3-6-15-10/h3-4,6,8H,5,7H2,1-2H3,(H4,14,16,17,18,20). The second-order valence-electron chi connectivity index (χ2n) is 3.92. The van der Waals surface area contributed by atoms with E-state index in [1.807, 2.05) is 6.92 Å². The molecule has 1 unspecified atom stereocenters. The number of guanidine groups is 1. The van der Waals surface area contributed by atoms with Gasteiger partial charge in [0.2, 0.25) is 0 Å². The first-order valence-corrected chi connectivity index (χ1v) is 6.81. The van der Waals surface area contributed by atoms with E-state index in [-0.39, 0.29) is 11.3 Å². The smallest absolute Gasteiger partial charge is 0.199 e.